The Bertz CT molecular complexity index is 579. The van der Waals surface area contributed by atoms with Crippen molar-refractivity contribution in [2.45, 2.75) is 20.1 Å². The zero-order valence-corrected chi connectivity index (χ0v) is 11.3. The SMILES string of the molecule is CCNCc1occc1COc1ccc2c(c1)OCO2. The minimum atomic E-state index is 0.271. The van der Waals surface area contributed by atoms with Crippen molar-refractivity contribution in [3.63, 3.8) is 0 Å². The maximum absolute atomic E-state index is 5.77. The van der Waals surface area contributed by atoms with Crippen LogP contribution >= 0.6 is 0 Å². The van der Waals surface area contributed by atoms with Gasteiger partial charge in [-0.25, -0.2) is 0 Å². The van der Waals surface area contributed by atoms with Gasteiger partial charge in [0.15, 0.2) is 11.5 Å². The second-order valence-corrected chi connectivity index (χ2v) is 4.45. The van der Waals surface area contributed by atoms with Crippen LogP contribution in [-0.4, -0.2) is 13.3 Å². The van der Waals surface area contributed by atoms with Crippen molar-refractivity contribution < 1.29 is 18.6 Å². The van der Waals surface area contributed by atoms with Gasteiger partial charge in [-0.3, -0.25) is 0 Å². The third-order valence-corrected chi connectivity index (χ3v) is 3.11. The Balaban J connectivity index is 1.63. The first-order valence-electron chi connectivity index (χ1n) is 6.65. The molecule has 1 aromatic carbocycles. The Morgan fingerprint density at radius 2 is 2.10 bits per heavy atom. The zero-order chi connectivity index (χ0) is 13.8. The van der Waals surface area contributed by atoms with Gasteiger partial charge in [-0.15, -0.1) is 0 Å². The molecule has 0 fully saturated rings. The Morgan fingerprint density at radius 1 is 1.20 bits per heavy atom. The normalized spacial score (nSPS) is 12.7. The van der Waals surface area contributed by atoms with E-state index in [4.69, 9.17) is 18.6 Å². The van der Waals surface area contributed by atoms with Crippen molar-refractivity contribution in [1.82, 2.24) is 5.32 Å². The number of benzene rings is 1. The third-order valence-electron chi connectivity index (χ3n) is 3.11. The van der Waals surface area contributed by atoms with Crippen molar-refractivity contribution in [2.75, 3.05) is 13.3 Å². The van der Waals surface area contributed by atoms with Crippen molar-refractivity contribution in [3.8, 4) is 17.2 Å². The molecule has 1 aliphatic heterocycles. The average molecular weight is 275 g/mol. The van der Waals surface area contributed by atoms with E-state index in [1.807, 2.05) is 24.3 Å². The molecule has 0 aliphatic carbocycles. The molecule has 0 saturated heterocycles. The molecule has 106 valence electrons. The molecule has 0 atom stereocenters. The predicted octanol–water partition coefficient (Wildman–Crippen LogP) is 2.70. The lowest BCUT2D eigenvalue weighted by atomic mass is 10.2. The summed E-state index contributed by atoms with van der Waals surface area (Å²) in [6.07, 6.45) is 1.69. The summed E-state index contributed by atoms with van der Waals surface area (Å²) in [7, 11) is 0. The van der Waals surface area contributed by atoms with Gasteiger partial charge in [0, 0.05) is 11.6 Å². The first-order chi connectivity index (χ1) is 9.86. The van der Waals surface area contributed by atoms with Crippen LogP contribution in [0.2, 0.25) is 0 Å². The number of hydrogen-bond donors (Lipinski definition) is 1. The van der Waals surface area contributed by atoms with Crippen molar-refractivity contribution in [2.24, 2.45) is 0 Å². The largest absolute Gasteiger partial charge is 0.489 e. The van der Waals surface area contributed by atoms with Gasteiger partial charge in [0.1, 0.15) is 18.1 Å². The summed E-state index contributed by atoms with van der Waals surface area (Å²) in [5.41, 5.74) is 1.05. The molecule has 0 unspecified atom stereocenters. The van der Waals surface area contributed by atoms with E-state index >= 15 is 0 Å². The van der Waals surface area contributed by atoms with Gasteiger partial charge in [0.25, 0.3) is 0 Å². The maximum Gasteiger partial charge on any atom is 0.231 e. The molecule has 0 bridgehead atoms. The summed E-state index contributed by atoms with van der Waals surface area (Å²) in [5, 5.41) is 3.24. The van der Waals surface area contributed by atoms with Crippen LogP contribution in [0.15, 0.2) is 34.9 Å². The molecule has 1 aliphatic rings. The number of furan rings is 1. The van der Waals surface area contributed by atoms with E-state index < -0.39 is 0 Å². The molecule has 0 saturated carbocycles. The van der Waals surface area contributed by atoms with E-state index in [9.17, 15) is 0 Å². The van der Waals surface area contributed by atoms with Gasteiger partial charge in [-0.05, 0) is 24.7 Å². The predicted molar refractivity (Wildman–Crippen MR) is 73.0 cm³/mol. The van der Waals surface area contributed by atoms with E-state index in [1.54, 1.807) is 6.26 Å². The molecular formula is C15H17NO4. The molecule has 2 heterocycles. The Morgan fingerprint density at radius 3 is 3.00 bits per heavy atom. The number of hydrogen-bond acceptors (Lipinski definition) is 5. The molecule has 0 amide bonds. The van der Waals surface area contributed by atoms with E-state index in [2.05, 4.69) is 12.2 Å². The summed E-state index contributed by atoms with van der Waals surface area (Å²) >= 11 is 0. The number of fused-ring (bicyclic) bond motifs is 1. The first-order valence-corrected chi connectivity index (χ1v) is 6.65. The molecule has 1 aromatic heterocycles. The van der Waals surface area contributed by atoms with E-state index in [0.29, 0.717) is 13.2 Å². The molecular weight excluding hydrogens is 258 g/mol. The van der Waals surface area contributed by atoms with Crippen LogP contribution in [-0.2, 0) is 13.2 Å². The van der Waals surface area contributed by atoms with Gasteiger partial charge in [0.2, 0.25) is 6.79 Å². The average Bonchev–Trinajstić information content (AvgIpc) is 3.11. The second-order valence-electron chi connectivity index (χ2n) is 4.45. The van der Waals surface area contributed by atoms with Gasteiger partial charge in [-0.2, -0.15) is 0 Å². The highest BCUT2D eigenvalue weighted by atomic mass is 16.7. The van der Waals surface area contributed by atoms with Crippen LogP contribution in [0.5, 0.6) is 17.2 Å². The van der Waals surface area contributed by atoms with Crippen LogP contribution in [0.1, 0.15) is 18.2 Å². The first kappa shape index (κ1) is 12.9. The molecule has 5 heteroatoms. The summed E-state index contributed by atoms with van der Waals surface area (Å²) in [6, 6.07) is 7.50. The fourth-order valence-electron chi connectivity index (χ4n) is 2.02. The number of nitrogens with one attached hydrogen (secondary N) is 1. The van der Waals surface area contributed by atoms with Gasteiger partial charge < -0.3 is 23.9 Å². The van der Waals surface area contributed by atoms with Gasteiger partial charge in [-0.1, -0.05) is 6.92 Å². The Hall–Kier alpha value is -2.14. The van der Waals surface area contributed by atoms with Crippen molar-refractivity contribution in [1.29, 1.82) is 0 Å². The fraction of sp³-hybridized carbons (Fsp3) is 0.333. The summed E-state index contributed by atoms with van der Waals surface area (Å²) in [6.45, 7) is 4.42. The lowest BCUT2D eigenvalue weighted by molar-refractivity contribution is 0.173. The van der Waals surface area contributed by atoms with Crippen LogP contribution in [0.25, 0.3) is 0 Å². The quantitative estimate of drug-likeness (QED) is 0.878. The van der Waals surface area contributed by atoms with Crippen LogP contribution in [0.3, 0.4) is 0 Å². The van der Waals surface area contributed by atoms with E-state index in [-0.39, 0.29) is 6.79 Å². The lowest BCUT2D eigenvalue weighted by Gasteiger charge is -2.07. The molecule has 5 nitrogen and oxygen atoms in total. The minimum Gasteiger partial charge on any atom is -0.489 e. The summed E-state index contributed by atoms with van der Waals surface area (Å²) in [4.78, 5) is 0. The van der Waals surface area contributed by atoms with Gasteiger partial charge >= 0.3 is 0 Å². The molecule has 0 spiro atoms. The molecule has 1 N–H and O–H groups in total. The van der Waals surface area contributed by atoms with Crippen molar-refractivity contribution >= 4 is 0 Å². The minimum absolute atomic E-state index is 0.271. The van der Waals surface area contributed by atoms with Crippen molar-refractivity contribution in [3.05, 3.63) is 41.9 Å². The standard InChI is InChI=1S/C15H17NO4/c1-2-16-8-15-11(5-6-17-15)9-18-12-3-4-13-14(7-12)20-10-19-13/h3-7,16H,2,8-10H2,1H3. The summed E-state index contributed by atoms with van der Waals surface area (Å²) in [5.74, 6) is 3.15. The highest BCUT2D eigenvalue weighted by Crippen LogP contribution is 2.35. The second kappa shape index (κ2) is 5.88. The van der Waals surface area contributed by atoms with Crippen LogP contribution in [0.4, 0.5) is 0 Å². The van der Waals surface area contributed by atoms with Crippen LogP contribution in [0, 0.1) is 0 Å². The van der Waals surface area contributed by atoms with Gasteiger partial charge in [0.05, 0.1) is 12.8 Å². The monoisotopic (exact) mass is 275 g/mol. The Labute approximate surface area is 117 Å². The molecule has 2 aromatic rings. The highest BCUT2D eigenvalue weighted by molar-refractivity contribution is 5.46. The number of ether oxygens (including phenoxy) is 3. The number of rotatable bonds is 6. The zero-order valence-electron chi connectivity index (χ0n) is 11.3. The fourth-order valence-corrected chi connectivity index (χ4v) is 2.02. The third kappa shape index (κ3) is 2.72. The smallest absolute Gasteiger partial charge is 0.231 e. The molecule has 3 rings (SSSR count). The topological polar surface area (TPSA) is 52.9 Å². The van der Waals surface area contributed by atoms with Crippen LogP contribution < -0.4 is 19.5 Å². The molecule has 0 radical (unpaired) electrons. The maximum atomic E-state index is 5.77. The Kier molecular flexibility index (Phi) is 3.78. The van der Waals surface area contributed by atoms with E-state index in [1.165, 1.54) is 0 Å². The molecule has 20 heavy (non-hydrogen) atoms. The summed E-state index contributed by atoms with van der Waals surface area (Å²) < 4.78 is 21.8. The van der Waals surface area contributed by atoms with E-state index in [0.717, 1.165) is 35.1 Å². The lowest BCUT2D eigenvalue weighted by Crippen LogP contribution is -2.12. The highest BCUT2D eigenvalue weighted by Gasteiger charge is 2.14.